The Kier molecular flexibility index (Phi) is 3.94. The number of rotatable bonds is 3. The molecular formula is C16H21NO4. The molecule has 0 aromatic heterocycles. The minimum atomic E-state index is -0.762. The van der Waals surface area contributed by atoms with E-state index >= 15 is 0 Å². The molecule has 1 aromatic rings. The van der Waals surface area contributed by atoms with Crippen molar-refractivity contribution in [3.05, 3.63) is 29.3 Å². The molecule has 1 aliphatic carbocycles. The molecule has 0 heterocycles. The number of anilines is 1. The van der Waals surface area contributed by atoms with Crippen LogP contribution < -0.4 is 5.32 Å². The van der Waals surface area contributed by atoms with Gasteiger partial charge in [0.15, 0.2) is 0 Å². The summed E-state index contributed by atoms with van der Waals surface area (Å²) in [5, 5.41) is 11.7. The summed E-state index contributed by atoms with van der Waals surface area (Å²) >= 11 is 0. The highest BCUT2D eigenvalue weighted by Crippen LogP contribution is 2.48. The van der Waals surface area contributed by atoms with Crippen LogP contribution in [0.4, 0.5) is 10.5 Å². The standard InChI is InChI=1S/C16H21NO4/c1-9-5-6-10(11-8-12(11)14(18)19)7-13(9)17-15(20)21-16(2,3)4/h5-7,11-12H,8H2,1-4H3,(H,17,20)(H,18,19)/t11-,12+/m0/s1. The van der Waals surface area contributed by atoms with Crippen LogP contribution in [0.25, 0.3) is 0 Å². The van der Waals surface area contributed by atoms with Crippen LogP contribution in [0.1, 0.15) is 44.2 Å². The molecule has 5 nitrogen and oxygen atoms in total. The molecule has 114 valence electrons. The number of benzene rings is 1. The molecule has 2 N–H and O–H groups in total. The topological polar surface area (TPSA) is 75.6 Å². The van der Waals surface area contributed by atoms with Crippen LogP contribution in [-0.4, -0.2) is 22.8 Å². The molecule has 0 saturated heterocycles. The van der Waals surface area contributed by atoms with Crippen molar-refractivity contribution in [2.45, 2.75) is 45.6 Å². The van der Waals surface area contributed by atoms with Gasteiger partial charge >= 0.3 is 12.1 Å². The third kappa shape index (κ3) is 3.97. The van der Waals surface area contributed by atoms with Crippen LogP contribution in [0, 0.1) is 12.8 Å². The van der Waals surface area contributed by atoms with E-state index in [1.54, 1.807) is 20.8 Å². The highest BCUT2D eigenvalue weighted by atomic mass is 16.6. The van der Waals surface area contributed by atoms with Gasteiger partial charge < -0.3 is 9.84 Å². The maximum absolute atomic E-state index is 11.8. The van der Waals surface area contributed by atoms with Gasteiger partial charge in [-0.15, -0.1) is 0 Å². The molecule has 1 amide bonds. The number of carbonyl (C=O) groups is 2. The zero-order valence-corrected chi connectivity index (χ0v) is 12.8. The molecule has 0 radical (unpaired) electrons. The fourth-order valence-corrected chi connectivity index (χ4v) is 2.25. The minimum Gasteiger partial charge on any atom is -0.481 e. The van der Waals surface area contributed by atoms with E-state index in [-0.39, 0.29) is 11.8 Å². The molecule has 0 spiro atoms. The number of carboxylic acids is 1. The van der Waals surface area contributed by atoms with Crippen LogP contribution in [-0.2, 0) is 9.53 Å². The Bertz CT molecular complexity index is 574. The molecule has 0 unspecified atom stereocenters. The van der Waals surface area contributed by atoms with Gasteiger partial charge in [0.05, 0.1) is 5.92 Å². The van der Waals surface area contributed by atoms with Crippen LogP contribution in [0.15, 0.2) is 18.2 Å². The number of aliphatic carboxylic acids is 1. The first-order valence-corrected chi connectivity index (χ1v) is 7.01. The summed E-state index contributed by atoms with van der Waals surface area (Å²) in [7, 11) is 0. The highest BCUT2D eigenvalue weighted by Gasteiger charge is 2.44. The van der Waals surface area contributed by atoms with Crippen LogP contribution in [0.5, 0.6) is 0 Å². The van der Waals surface area contributed by atoms with Crippen molar-refractivity contribution in [1.29, 1.82) is 0 Å². The number of hydrogen-bond donors (Lipinski definition) is 2. The van der Waals surface area contributed by atoms with Crippen molar-refractivity contribution in [2.24, 2.45) is 5.92 Å². The lowest BCUT2D eigenvalue weighted by Crippen LogP contribution is -2.27. The molecule has 0 aliphatic heterocycles. The number of amides is 1. The lowest BCUT2D eigenvalue weighted by molar-refractivity contribution is -0.138. The Hall–Kier alpha value is -2.04. The van der Waals surface area contributed by atoms with Gasteiger partial charge in [0, 0.05) is 5.69 Å². The monoisotopic (exact) mass is 291 g/mol. The Morgan fingerprint density at radius 1 is 1.33 bits per heavy atom. The first-order chi connectivity index (χ1) is 9.67. The van der Waals surface area contributed by atoms with Crippen LogP contribution >= 0.6 is 0 Å². The number of hydrogen-bond acceptors (Lipinski definition) is 3. The third-order valence-corrected chi connectivity index (χ3v) is 3.43. The zero-order chi connectivity index (χ0) is 15.8. The lowest BCUT2D eigenvalue weighted by Gasteiger charge is -2.20. The Balaban J connectivity index is 2.10. The number of carboxylic acid groups (broad SMARTS) is 1. The minimum absolute atomic E-state index is 0.0438. The van der Waals surface area contributed by atoms with Crippen molar-refractivity contribution in [1.82, 2.24) is 0 Å². The van der Waals surface area contributed by atoms with Crippen molar-refractivity contribution >= 4 is 17.7 Å². The largest absolute Gasteiger partial charge is 0.481 e. The second-order valence-corrected chi connectivity index (χ2v) is 6.49. The molecule has 21 heavy (non-hydrogen) atoms. The average Bonchev–Trinajstić information content (AvgIpc) is 3.09. The predicted octanol–water partition coefficient (Wildman–Crippen LogP) is 3.53. The van der Waals surface area contributed by atoms with E-state index in [4.69, 9.17) is 9.84 Å². The molecule has 2 rings (SSSR count). The summed E-state index contributed by atoms with van der Waals surface area (Å²) in [6, 6.07) is 5.65. The third-order valence-electron chi connectivity index (χ3n) is 3.43. The van der Waals surface area contributed by atoms with Gasteiger partial charge in [0.2, 0.25) is 0 Å². The second kappa shape index (κ2) is 5.39. The summed E-state index contributed by atoms with van der Waals surface area (Å²) < 4.78 is 5.23. The van der Waals surface area contributed by atoms with Crippen molar-refractivity contribution in [3.8, 4) is 0 Å². The lowest BCUT2D eigenvalue weighted by atomic mass is 10.1. The molecule has 1 fully saturated rings. The molecule has 1 saturated carbocycles. The fraction of sp³-hybridized carbons (Fsp3) is 0.500. The molecule has 1 aliphatic rings. The van der Waals surface area contributed by atoms with E-state index in [0.29, 0.717) is 12.1 Å². The van der Waals surface area contributed by atoms with Gasteiger partial charge in [-0.3, -0.25) is 10.1 Å². The van der Waals surface area contributed by atoms with Gasteiger partial charge in [0.25, 0.3) is 0 Å². The maximum Gasteiger partial charge on any atom is 0.412 e. The number of ether oxygens (including phenoxy) is 1. The van der Waals surface area contributed by atoms with Crippen molar-refractivity contribution in [3.63, 3.8) is 0 Å². The number of carbonyl (C=O) groups excluding carboxylic acids is 1. The van der Waals surface area contributed by atoms with Gasteiger partial charge in [0.1, 0.15) is 5.60 Å². The van der Waals surface area contributed by atoms with Crippen LogP contribution in [0.3, 0.4) is 0 Å². The van der Waals surface area contributed by atoms with E-state index in [9.17, 15) is 9.59 Å². The van der Waals surface area contributed by atoms with Gasteiger partial charge in [-0.25, -0.2) is 4.79 Å². The first kappa shape index (κ1) is 15.4. The van der Waals surface area contributed by atoms with E-state index in [0.717, 1.165) is 11.1 Å². The maximum atomic E-state index is 11.8. The summed E-state index contributed by atoms with van der Waals surface area (Å²) in [5.74, 6) is -1.02. The van der Waals surface area contributed by atoms with E-state index in [1.165, 1.54) is 0 Å². The number of aryl methyl sites for hydroxylation is 1. The van der Waals surface area contributed by atoms with Gasteiger partial charge in [-0.1, -0.05) is 12.1 Å². The number of nitrogens with one attached hydrogen (secondary N) is 1. The zero-order valence-electron chi connectivity index (χ0n) is 12.8. The molecule has 5 heteroatoms. The molecule has 2 atom stereocenters. The van der Waals surface area contributed by atoms with Crippen molar-refractivity contribution < 1.29 is 19.4 Å². The van der Waals surface area contributed by atoms with Gasteiger partial charge in [-0.05, 0) is 57.2 Å². The Morgan fingerprint density at radius 2 is 2.00 bits per heavy atom. The summed E-state index contributed by atoms with van der Waals surface area (Å²) in [5.41, 5.74) is 1.97. The van der Waals surface area contributed by atoms with E-state index in [2.05, 4.69) is 5.32 Å². The summed E-state index contributed by atoms with van der Waals surface area (Å²) in [4.78, 5) is 22.8. The smallest absolute Gasteiger partial charge is 0.412 e. The quantitative estimate of drug-likeness (QED) is 0.893. The predicted molar refractivity (Wildman–Crippen MR) is 79.5 cm³/mol. The second-order valence-electron chi connectivity index (χ2n) is 6.49. The average molecular weight is 291 g/mol. The van der Waals surface area contributed by atoms with E-state index < -0.39 is 17.7 Å². The fourth-order valence-electron chi connectivity index (χ4n) is 2.25. The van der Waals surface area contributed by atoms with Gasteiger partial charge in [-0.2, -0.15) is 0 Å². The highest BCUT2D eigenvalue weighted by molar-refractivity contribution is 5.86. The Morgan fingerprint density at radius 3 is 2.52 bits per heavy atom. The first-order valence-electron chi connectivity index (χ1n) is 7.01. The summed E-state index contributed by atoms with van der Waals surface area (Å²) in [6.07, 6.45) is 0.151. The molecular weight excluding hydrogens is 270 g/mol. The van der Waals surface area contributed by atoms with E-state index in [1.807, 2.05) is 25.1 Å². The van der Waals surface area contributed by atoms with Crippen molar-refractivity contribution in [2.75, 3.05) is 5.32 Å². The van der Waals surface area contributed by atoms with Crippen LogP contribution in [0.2, 0.25) is 0 Å². The SMILES string of the molecule is Cc1ccc([C@@H]2C[C@H]2C(=O)O)cc1NC(=O)OC(C)(C)C. The summed E-state index contributed by atoms with van der Waals surface area (Å²) in [6.45, 7) is 7.30. The molecule has 1 aromatic carbocycles. The Labute approximate surface area is 124 Å². The normalized spacial score (nSPS) is 20.8. The molecule has 0 bridgehead atoms.